The zero-order chi connectivity index (χ0) is 27.4. The van der Waals surface area contributed by atoms with Gasteiger partial charge in [-0.05, 0) is 6.92 Å². The SMILES string of the molecule is CCn1cc([C@@H]2O[C@H](CO)[C@@H](O)[C@H]2O)c(=O)[nH]c1=O.CO[C@@H]1[C@H](O)[C@@H](CO)O[C@H]1n1ccc(=O)[nH]c1=O. The highest BCUT2D eigenvalue weighted by atomic mass is 16.6. The average molecular weight is 530 g/mol. The molecule has 0 unspecified atom stereocenters. The monoisotopic (exact) mass is 530 g/mol. The summed E-state index contributed by atoms with van der Waals surface area (Å²) in [4.78, 5) is 49.9. The van der Waals surface area contributed by atoms with Gasteiger partial charge < -0.3 is 44.3 Å². The minimum Gasteiger partial charge on any atom is -0.394 e. The van der Waals surface area contributed by atoms with Crippen LogP contribution in [0.5, 0.6) is 0 Å². The lowest BCUT2D eigenvalue weighted by atomic mass is 10.0. The van der Waals surface area contributed by atoms with E-state index >= 15 is 0 Å². The number of aromatic amines is 2. The number of methoxy groups -OCH3 is 1. The molecular formula is C21H30N4O12. The predicted octanol–water partition coefficient (Wildman–Crippen LogP) is -4.49. The molecule has 2 aliphatic rings. The minimum atomic E-state index is -1.33. The fourth-order valence-electron chi connectivity index (χ4n) is 4.10. The molecule has 4 rings (SSSR count). The lowest BCUT2D eigenvalue weighted by Gasteiger charge is -2.19. The summed E-state index contributed by atoms with van der Waals surface area (Å²) in [7, 11) is 1.36. The zero-order valence-electron chi connectivity index (χ0n) is 20.0. The van der Waals surface area contributed by atoms with Crippen molar-refractivity contribution in [1.29, 1.82) is 0 Å². The van der Waals surface area contributed by atoms with Crippen LogP contribution in [0.1, 0.15) is 24.8 Å². The van der Waals surface area contributed by atoms with Crippen LogP contribution in [0.25, 0.3) is 0 Å². The highest BCUT2D eigenvalue weighted by molar-refractivity contribution is 5.14. The zero-order valence-corrected chi connectivity index (χ0v) is 20.0. The van der Waals surface area contributed by atoms with Crippen molar-refractivity contribution in [3.8, 4) is 0 Å². The van der Waals surface area contributed by atoms with Gasteiger partial charge >= 0.3 is 11.4 Å². The summed E-state index contributed by atoms with van der Waals surface area (Å²) in [6.07, 6.45) is -5.68. The standard InChI is InChI=1S/C11H16N2O6.C10H14N2O6/c1-2-13-3-5(10(17)12-11(13)18)9-8(16)7(15)6(4-14)19-9;1-17-8-7(15)5(4-13)18-9(8)12-3-2-6(14)11-10(12)16/h3,6-9,14-16H,2,4H2,1H3,(H,12,17,18);2-3,5,7-9,13,15H,4H2,1H3,(H,11,14,16)/t6-,7-,8-,9+;5-,7-,8-,9-/m11/s1. The third-order valence-corrected chi connectivity index (χ3v) is 6.12. The highest BCUT2D eigenvalue weighted by Crippen LogP contribution is 2.31. The Morgan fingerprint density at radius 2 is 1.59 bits per heavy atom. The molecule has 16 nitrogen and oxygen atoms in total. The van der Waals surface area contributed by atoms with E-state index in [-0.39, 0.29) is 5.56 Å². The summed E-state index contributed by atoms with van der Waals surface area (Å²) in [6.45, 7) is 1.20. The molecule has 0 aromatic carbocycles. The molecule has 0 radical (unpaired) electrons. The molecule has 206 valence electrons. The van der Waals surface area contributed by atoms with Gasteiger partial charge in [0.05, 0.1) is 18.8 Å². The van der Waals surface area contributed by atoms with Crippen LogP contribution in [0.3, 0.4) is 0 Å². The Labute approximate surface area is 207 Å². The summed E-state index contributed by atoms with van der Waals surface area (Å²) in [5.74, 6) is 0. The Morgan fingerprint density at radius 1 is 0.946 bits per heavy atom. The summed E-state index contributed by atoms with van der Waals surface area (Å²) in [6, 6.07) is 1.16. The van der Waals surface area contributed by atoms with Gasteiger partial charge in [-0.1, -0.05) is 0 Å². The number of hydrogen-bond acceptors (Lipinski definition) is 12. The van der Waals surface area contributed by atoms with Gasteiger partial charge in [0.2, 0.25) is 0 Å². The molecule has 2 aliphatic heterocycles. The van der Waals surface area contributed by atoms with Crippen LogP contribution >= 0.6 is 0 Å². The summed E-state index contributed by atoms with van der Waals surface area (Å²) < 4.78 is 18.0. The van der Waals surface area contributed by atoms with Crippen molar-refractivity contribution in [2.45, 2.75) is 62.4 Å². The third-order valence-electron chi connectivity index (χ3n) is 6.12. The highest BCUT2D eigenvalue weighted by Gasteiger charge is 2.45. The molecular weight excluding hydrogens is 500 g/mol. The van der Waals surface area contributed by atoms with Gasteiger partial charge in [-0.3, -0.25) is 24.1 Å². The van der Waals surface area contributed by atoms with E-state index in [0.29, 0.717) is 6.54 Å². The smallest absolute Gasteiger partial charge is 0.330 e. The number of rotatable bonds is 6. The summed E-state index contributed by atoms with van der Waals surface area (Å²) in [5, 5.41) is 47.4. The van der Waals surface area contributed by atoms with Gasteiger partial charge in [0, 0.05) is 32.1 Å². The largest absolute Gasteiger partial charge is 0.394 e. The van der Waals surface area contributed by atoms with E-state index in [2.05, 4.69) is 9.97 Å². The number of H-pyrrole nitrogens is 2. The molecule has 0 aliphatic carbocycles. The maximum absolute atomic E-state index is 11.7. The predicted molar refractivity (Wildman–Crippen MR) is 123 cm³/mol. The van der Waals surface area contributed by atoms with E-state index in [1.165, 1.54) is 24.1 Å². The number of hydrogen-bond donors (Lipinski definition) is 7. The van der Waals surface area contributed by atoms with Gasteiger partial charge in [-0.2, -0.15) is 0 Å². The topological polar surface area (TPSA) is 239 Å². The Bertz CT molecular complexity index is 1290. The van der Waals surface area contributed by atoms with E-state index in [4.69, 9.17) is 24.4 Å². The molecule has 0 spiro atoms. The fourth-order valence-corrected chi connectivity index (χ4v) is 4.10. The first kappa shape index (κ1) is 28.6. The van der Waals surface area contributed by atoms with Crippen molar-refractivity contribution in [3.05, 3.63) is 65.7 Å². The number of aliphatic hydroxyl groups excluding tert-OH is 5. The van der Waals surface area contributed by atoms with Gasteiger partial charge in [-0.25, -0.2) is 9.59 Å². The molecule has 4 heterocycles. The molecule has 2 aromatic rings. The molecule has 2 fully saturated rings. The molecule has 16 heteroatoms. The van der Waals surface area contributed by atoms with Crippen LogP contribution in [-0.2, 0) is 20.8 Å². The van der Waals surface area contributed by atoms with E-state index < -0.39 is 84.7 Å². The number of ether oxygens (including phenoxy) is 3. The molecule has 2 saturated heterocycles. The Morgan fingerprint density at radius 3 is 2.14 bits per heavy atom. The van der Waals surface area contributed by atoms with Crippen LogP contribution in [0, 0.1) is 0 Å². The minimum absolute atomic E-state index is 0.0453. The van der Waals surface area contributed by atoms with E-state index in [1.54, 1.807) is 6.92 Å². The normalized spacial score (nSPS) is 31.2. The fraction of sp³-hybridized carbons (Fsp3) is 0.619. The van der Waals surface area contributed by atoms with Crippen LogP contribution in [-0.4, -0.2) is 102 Å². The second-order valence-electron chi connectivity index (χ2n) is 8.34. The first-order valence-electron chi connectivity index (χ1n) is 11.3. The van der Waals surface area contributed by atoms with Crippen LogP contribution in [0.15, 0.2) is 37.6 Å². The number of aromatic nitrogens is 4. The number of nitrogens with zero attached hydrogens (tertiary/aromatic N) is 2. The van der Waals surface area contributed by atoms with E-state index in [1.807, 2.05) is 0 Å². The van der Waals surface area contributed by atoms with Crippen molar-refractivity contribution in [3.63, 3.8) is 0 Å². The van der Waals surface area contributed by atoms with Gasteiger partial charge in [0.15, 0.2) is 6.23 Å². The molecule has 0 bridgehead atoms. The maximum atomic E-state index is 11.7. The Kier molecular flexibility index (Phi) is 9.32. The van der Waals surface area contributed by atoms with Crippen LogP contribution in [0.4, 0.5) is 0 Å². The molecule has 2 aromatic heterocycles. The second kappa shape index (κ2) is 12.1. The number of nitrogens with one attached hydrogen (secondary N) is 2. The number of aliphatic hydroxyl groups is 5. The van der Waals surface area contributed by atoms with E-state index in [0.717, 1.165) is 10.6 Å². The van der Waals surface area contributed by atoms with Crippen molar-refractivity contribution in [1.82, 2.24) is 19.1 Å². The van der Waals surface area contributed by atoms with Gasteiger partial charge in [0.1, 0.15) is 42.7 Å². The van der Waals surface area contributed by atoms with Crippen LogP contribution < -0.4 is 22.5 Å². The first-order valence-corrected chi connectivity index (χ1v) is 11.3. The Balaban J connectivity index is 0.000000206. The second-order valence-corrected chi connectivity index (χ2v) is 8.34. The quantitative estimate of drug-likeness (QED) is 0.187. The summed E-state index contributed by atoms with van der Waals surface area (Å²) >= 11 is 0. The third kappa shape index (κ3) is 5.81. The van der Waals surface area contributed by atoms with Gasteiger partial charge in [0.25, 0.3) is 11.1 Å². The van der Waals surface area contributed by atoms with Crippen molar-refractivity contribution in [2.75, 3.05) is 20.3 Å². The van der Waals surface area contributed by atoms with Crippen molar-refractivity contribution in [2.24, 2.45) is 0 Å². The molecule has 0 amide bonds. The lowest BCUT2D eigenvalue weighted by Crippen LogP contribution is -2.38. The number of aryl methyl sites for hydroxylation is 1. The maximum Gasteiger partial charge on any atom is 0.330 e. The Hall–Kier alpha value is -2.96. The average Bonchev–Trinajstić information content (AvgIpc) is 3.34. The molecule has 0 saturated carbocycles. The first-order chi connectivity index (χ1) is 17.6. The van der Waals surface area contributed by atoms with Crippen molar-refractivity contribution >= 4 is 0 Å². The molecule has 8 atom stereocenters. The van der Waals surface area contributed by atoms with Crippen molar-refractivity contribution < 1.29 is 39.7 Å². The van der Waals surface area contributed by atoms with Crippen LogP contribution in [0.2, 0.25) is 0 Å². The molecule has 37 heavy (non-hydrogen) atoms. The lowest BCUT2D eigenvalue weighted by molar-refractivity contribution is -0.0625. The molecule has 7 N–H and O–H groups in total. The van der Waals surface area contributed by atoms with E-state index in [9.17, 15) is 34.5 Å². The van der Waals surface area contributed by atoms with Gasteiger partial charge in [-0.15, -0.1) is 0 Å². The summed E-state index contributed by atoms with van der Waals surface area (Å²) in [5.41, 5.74) is -2.38.